The summed E-state index contributed by atoms with van der Waals surface area (Å²) in [6.45, 7) is 3.67. The lowest BCUT2D eigenvalue weighted by atomic mass is 10.3. The van der Waals surface area contributed by atoms with Crippen LogP contribution in [-0.4, -0.2) is 31.0 Å². The molecular weight excluding hydrogens is 350 g/mol. The number of carbonyl (C=O) groups is 1. The summed E-state index contributed by atoms with van der Waals surface area (Å²) in [7, 11) is 1.79. The maximum absolute atomic E-state index is 12.8. The van der Waals surface area contributed by atoms with Crippen molar-refractivity contribution in [2.45, 2.75) is 18.9 Å². The van der Waals surface area contributed by atoms with E-state index in [1.165, 1.54) is 22.8 Å². The Morgan fingerprint density at radius 3 is 2.62 bits per heavy atom. The molecule has 0 saturated heterocycles. The number of benzene rings is 1. The van der Waals surface area contributed by atoms with Crippen molar-refractivity contribution in [3.8, 4) is 5.69 Å². The largest absolute Gasteiger partial charge is 0.319 e. The molecule has 134 valence electrons. The summed E-state index contributed by atoms with van der Waals surface area (Å²) in [5.41, 5.74) is 2.31. The highest BCUT2D eigenvalue weighted by Crippen LogP contribution is 2.17. The van der Waals surface area contributed by atoms with Gasteiger partial charge in [0.2, 0.25) is 5.91 Å². The van der Waals surface area contributed by atoms with Crippen molar-refractivity contribution >= 4 is 23.4 Å². The van der Waals surface area contributed by atoms with Crippen LogP contribution in [0.2, 0.25) is 0 Å². The second-order valence-corrected chi connectivity index (χ2v) is 6.77. The van der Waals surface area contributed by atoms with Gasteiger partial charge in [-0.15, -0.1) is 0 Å². The van der Waals surface area contributed by atoms with Gasteiger partial charge in [0.15, 0.2) is 0 Å². The number of hydrogen-bond donors (Lipinski definition) is 1. The Kier molecular flexibility index (Phi) is 5.22. The van der Waals surface area contributed by atoms with Crippen molar-refractivity contribution in [3.05, 3.63) is 64.5 Å². The summed E-state index contributed by atoms with van der Waals surface area (Å²) in [6.07, 6.45) is 1.47. The molecule has 1 N–H and O–H groups in total. The molecule has 0 radical (unpaired) electrons. The van der Waals surface area contributed by atoms with Crippen molar-refractivity contribution in [1.29, 1.82) is 0 Å². The smallest absolute Gasteiger partial charge is 0.295 e. The zero-order valence-corrected chi connectivity index (χ0v) is 15.6. The molecule has 0 fully saturated rings. The monoisotopic (exact) mass is 369 g/mol. The van der Waals surface area contributed by atoms with Crippen LogP contribution in [0.5, 0.6) is 0 Å². The third kappa shape index (κ3) is 3.70. The van der Waals surface area contributed by atoms with E-state index in [0.717, 1.165) is 16.4 Å². The molecule has 3 aromatic rings. The van der Waals surface area contributed by atoms with Crippen molar-refractivity contribution in [3.63, 3.8) is 0 Å². The predicted molar refractivity (Wildman–Crippen MR) is 102 cm³/mol. The topological polar surface area (TPSA) is 81.8 Å². The first-order chi connectivity index (χ1) is 12.5. The second-order valence-electron chi connectivity index (χ2n) is 5.77. The highest BCUT2D eigenvalue weighted by molar-refractivity contribution is 7.99. The number of thioether (sulfide) groups is 1. The fourth-order valence-electron chi connectivity index (χ4n) is 2.54. The third-order valence-corrected chi connectivity index (χ3v) is 4.87. The molecular formula is C18H19N5O2S. The number of carbonyl (C=O) groups excluding carboxylic acids is 1. The molecule has 0 saturated carbocycles. The Morgan fingerprint density at radius 2 is 1.92 bits per heavy atom. The molecule has 2 aromatic heterocycles. The molecule has 0 atom stereocenters. The van der Waals surface area contributed by atoms with Gasteiger partial charge < -0.3 is 5.32 Å². The minimum Gasteiger partial charge on any atom is -0.319 e. The van der Waals surface area contributed by atoms with Gasteiger partial charge in [-0.25, -0.2) is 14.6 Å². The number of para-hydroxylation sites is 1. The lowest BCUT2D eigenvalue weighted by Gasteiger charge is -2.07. The van der Waals surface area contributed by atoms with Crippen LogP contribution in [0.3, 0.4) is 0 Å². The van der Waals surface area contributed by atoms with E-state index in [2.05, 4.69) is 15.3 Å². The lowest BCUT2D eigenvalue weighted by Crippen LogP contribution is -2.23. The van der Waals surface area contributed by atoms with Crippen LogP contribution in [0, 0.1) is 13.8 Å². The Bertz CT molecular complexity index is 995. The molecule has 0 unspecified atom stereocenters. The number of anilines is 1. The van der Waals surface area contributed by atoms with Crippen molar-refractivity contribution < 1.29 is 4.79 Å². The summed E-state index contributed by atoms with van der Waals surface area (Å²) >= 11 is 1.30. The number of aromatic nitrogens is 4. The molecule has 0 aliphatic carbocycles. The second kappa shape index (κ2) is 7.57. The number of aryl methyl sites for hydroxylation is 1. The number of nitrogens with zero attached hydrogens (tertiary/aromatic N) is 4. The quantitative estimate of drug-likeness (QED) is 0.551. The molecule has 0 aliphatic rings. The van der Waals surface area contributed by atoms with Gasteiger partial charge in [0, 0.05) is 12.7 Å². The first kappa shape index (κ1) is 17.9. The Labute approximate surface area is 155 Å². The molecule has 3 rings (SSSR count). The van der Waals surface area contributed by atoms with E-state index in [0.29, 0.717) is 11.4 Å². The molecule has 1 amide bonds. The molecule has 0 bridgehead atoms. The van der Waals surface area contributed by atoms with Gasteiger partial charge in [0.25, 0.3) is 5.56 Å². The van der Waals surface area contributed by atoms with Crippen LogP contribution in [0.15, 0.2) is 52.5 Å². The van der Waals surface area contributed by atoms with Crippen LogP contribution < -0.4 is 10.9 Å². The minimum absolute atomic E-state index is 0.162. The zero-order valence-electron chi connectivity index (χ0n) is 14.8. The van der Waals surface area contributed by atoms with E-state index in [9.17, 15) is 9.59 Å². The average Bonchev–Trinajstić information content (AvgIpc) is 2.84. The molecule has 0 spiro atoms. The van der Waals surface area contributed by atoms with E-state index in [1.54, 1.807) is 18.7 Å². The highest BCUT2D eigenvalue weighted by atomic mass is 32.2. The Morgan fingerprint density at radius 1 is 1.19 bits per heavy atom. The fourth-order valence-corrected chi connectivity index (χ4v) is 3.26. The van der Waals surface area contributed by atoms with E-state index < -0.39 is 0 Å². The van der Waals surface area contributed by atoms with Crippen molar-refractivity contribution in [2.75, 3.05) is 11.1 Å². The van der Waals surface area contributed by atoms with Gasteiger partial charge >= 0.3 is 0 Å². The normalized spacial score (nSPS) is 10.7. The van der Waals surface area contributed by atoms with Crippen LogP contribution >= 0.6 is 11.8 Å². The van der Waals surface area contributed by atoms with Crippen LogP contribution in [-0.2, 0) is 11.8 Å². The molecule has 2 heterocycles. The summed E-state index contributed by atoms with van der Waals surface area (Å²) in [5.74, 6) is -0.0903. The molecule has 8 heteroatoms. The van der Waals surface area contributed by atoms with Crippen molar-refractivity contribution in [2.24, 2.45) is 7.05 Å². The Hall–Kier alpha value is -2.87. The standard InChI is InChI=1S/C18H19N5O2S/c1-12-9-16(20-11-19-12)26-10-15(24)21-17-13(2)22(3)23(18(17)25)14-7-5-4-6-8-14/h4-9,11H,10H2,1-3H3,(H,21,24). The SMILES string of the molecule is Cc1cc(SCC(=O)Nc2c(C)n(C)n(-c3ccccc3)c2=O)ncn1. The summed E-state index contributed by atoms with van der Waals surface area (Å²) < 4.78 is 3.26. The minimum atomic E-state index is -0.257. The van der Waals surface area contributed by atoms with E-state index in [4.69, 9.17) is 0 Å². The summed E-state index contributed by atoms with van der Waals surface area (Å²) in [6, 6.07) is 11.1. The molecule has 7 nitrogen and oxygen atoms in total. The van der Waals surface area contributed by atoms with Gasteiger partial charge in [0.05, 0.1) is 17.1 Å². The summed E-state index contributed by atoms with van der Waals surface area (Å²) in [5, 5.41) is 3.46. The first-order valence-corrected chi connectivity index (χ1v) is 9.01. The van der Waals surface area contributed by atoms with Gasteiger partial charge in [-0.3, -0.25) is 14.3 Å². The molecule has 0 aliphatic heterocycles. The summed E-state index contributed by atoms with van der Waals surface area (Å²) in [4.78, 5) is 33.2. The zero-order chi connectivity index (χ0) is 18.7. The number of hydrogen-bond acceptors (Lipinski definition) is 5. The van der Waals surface area contributed by atoms with Gasteiger partial charge in [-0.05, 0) is 32.0 Å². The molecule has 26 heavy (non-hydrogen) atoms. The number of nitrogens with one attached hydrogen (secondary N) is 1. The van der Waals surface area contributed by atoms with E-state index in [1.807, 2.05) is 43.3 Å². The maximum Gasteiger partial charge on any atom is 0.295 e. The Balaban J connectivity index is 1.78. The van der Waals surface area contributed by atoms with Crippen LogP contribution in [0.4, 0.5) is 5.69 Å². The average molecular weight is 369 g/mol. The first-order valence-electron chi connectivity index (χ1n) is 8.02. The number of rotatable bonds is 5. The number of amides is 1. The predicted octanol–water partition coefficient (Wildman–Crippen LogP) is 2.31. The van der Waals surface area contributed by atoms with Gasteiger partial charge in [0.1, 0.15) is 17.0 Å². The van der Waals surface area contributed by atoms with E-state index in [-0.39, 0.29) is 17.2 Å². The van der Waals surface area contributed by atoms with Crippen LogP contribution in [0.1, 0.15) is 11.4 Å². The van der Waals surface area contributed by atoms with E-state index >= 15 is 0 Å². The maximum atomic E-state index is 12.8. The fraction of sp³-hybridized carbons (Fsp3) is 0.222. The third-order valence-electron chi connectivity index (χ3n) is 3.95. The van der Waals surface area contributed by atoms with Crippen molar-refractivity contribution in [1.82, 2.24) is 19.3 Å². The lowest BCUT2D eigenvalue weighted by molar-refractivity contribution is -0.113. The van der Waals surface area contributed by atoms with Gasteiger partial charge in [-0.1, -0.05) is 30.0 Å². The molecule has 1 aromatic carbocycles. The van der Waals surface area contributed by atoms with Gasteiger partial charge in [-0.2, -0.15) is 0 Å². The highest BCUT2D eigenvalue weighted by Gasteiger charge is 2.18. The van der Waals surface area contributed by atoms with Crippen LogP contribution in [0.25, 0.3) is 5.69 Å².